The van der Waals surface area contributed by atoms with Crippen LogP contribution >= 0.6 is 0 Å². The normalized spacial score (nSPS) is 27.7. The molecule has 5 atom stereocenters. The number of aromatic nitrogens is 3. The number of allylic oxidation sites excluding steroid dienone is 1. The van der Waals surface area contributed by atoms with Gasteiger partial charge in [0.15, 0.2) is 5.69 Å². The number of hydrogen-bond donors (Lipinski definition) is 3. The number of hydrogen-bond acceptors (Lipinski definition) is 11. The standard InChI is InChI=1S/C39H46FN7O8S/c1-3-26-35(43-29-17-24(40)13-14-27(29)41-26)54-25-18-31-34(49)44-39(37(51)46-56(52,53)38(2)15-16-38)20-23(39)9-7-5-4-6-8-10-28(36(50)47(31)21-25)42-33(48)30-19-32(55-45-30)22-11-12-22/h7,9,13-14,17,19,22-23,25,28,31H,3-6,8,10-12,15-16,18,20-21H2,1-2H3,(H,42,48)(H,44,49)(H,46,51). The van der Waals surface area contributed by atoms with Gasteiger partial charge in [-0.25, -0.2) is 22.8 Å². The van der Waals surface area contributed by atoms with E-state index in [4.69, 9.17) is 9.26 Å². The maximum absolute atomic E-state index is 14.6. The van der Waals surface area contributed by atoms with Crippen molar-refractivity contribution in [2.45, 2.75) is 125 Å². The summed E-state index contributed by atoms with van der Waals surface area (Å²) in [4.78, 5) is 67.0. The summed E-state index contributed by atoms with van der Waals surface area (Å²) in [5.41, 5.74) is -0.244. The van der Waals surface area contributed by atoms with E-state index >= 15 is 0 Å². The minimum Gasteiger partial charge on any atom is -0.471 e. The van der Waals surface area contributed by atoms with Crippen LogP contribution in [0.15, 0.2) is 40.9 Å². The predicted octanol–water partition coefficient (Wildman–Crippen LogP) is 3.74. The molecule has 3 aliphatic carbocycles. The molecule has 5 unspecified atom stereocenters. The highest BCUT2D eigenvalue weighted by Crippen LogP contribution is 2.47. The van der Waals surface area contributed by atoms with E-state index in [1.165, 1.54) is 23.1 Å². The Hall–Kier alpha value is -4.93. The fourth-order valence-electron chi connectivity index (χ4n) is 7.67. The summed E-state index contributed by atoms with van der Waals surface area (Å²) >= 11 is 0. The Morgan fingerprint density at radius 3 is 2.64 bits per heavy atom. The maximum Gasteiger partial charge on any atom is 0.274 e. The molecular weight excluding hydrogens is 746 g/mol. The van der Waals surface area contributed by atoms with E-state index in [1.54, 1.807) is 13.0 Å². The predicted molar refractivity (Wildman–Crippen MR) is 199 cm³/mol. The molecule has 3 N–H and O–H groups in total. The average Bonchev–Trinajstić information content (AvgIpc) is 4.13. The highest BCUT2D eigenvalue weighted by atomic mass is 32.2. The first-order valence-corrected chi connectivity index (χ1v) is 21.0. The van der Waals surface area contributed by atoms with Gasteiger partial charge in [-0.05, 0) is 76.8 Å². The van der Waals surface area contributed by atoms with Crippen LogP contribution in [0.4, 0.5) is 4.39 Å². The van der Waals surface area contributed by atoms with E-state index < -0.39 is 73.9 Å². The first-order valence-electron chi connectivity index (χ1n) is 19.6. The number of carbonyl (C=O) groups is 4. The van der Waals surface area contributed by atoms with Gasteiger partial charge in [0.05, 0.1) is 22.3 Å². The molecule has 1 saturated heterocycles. The number of amides is 4. The summed E-state index contributed by atoms with van der Waals surface area (Å²) in [6.45, 7) is 3.36. The lowest BCUT2D eigenvalue weighted by atomic mass is 10.0. The highest BCUT2D eigenvalue weighted by Gasteiger charge is 2.63. The number of benzene rings is 1. The van der Waals surface area contributed by atoms with Crippen molar-refractivity contribution < 1.29 is 41.2 Å². The Kier molecular flexibility index (Phi) is 9.86. The van der Waals surface area contributed by atoms with Gasteiger partial charge in [-0.15, -0.1) is 0 Å². The molecule has 0 spiro atoms. The molecule has 0 bridgehead atoms. The van der Waals surface area contributed by atoms with Crippen molar-refractivity contribution in [3.05, 3.63) is 59.4 Å². The molecular formula is C39H46FN7O8S. The lowest BCUT2D eigenvalue weighted by Crippen LogP contribution is -2.58. The van der Waals surface area contributed by atoms with Crippen LogP contribution in [0, 0.1) is 11.7 Å². The van der Waals surface area contributed by atoms with Gasteiger partial charge in [-0.2, -0.15) is 0 Å². The van der Waals surface area contributed by atoms with Gasteiger partial charge in [0.25, 0.3) is 11.8 Å². The smallest absolute Gasteiger partial charge is 0.274 e. The van der Waals surface area contributed by atoms with Gasteiger partial charge < -0.3 is 24.8 Å². The van der Waals surface area contributed by atoms with Gasteiger partial charge in [-0.1, -0.05) is 37.1 Å². The van der Waals surface area contributed by atoms with Crippen LogP contribution in [0.1, 0.15) is 112 Å². The highest BCUT2D eigenvalue weighted by molar-refractivity contribution is 7.91. The average molecular weight is 792 g/mol. The van der Waals surface area contributed by atoms with Crippen molar-refractivity contribution in [3.8, 4) is 5.88 Å². The van der Waals surface area contributed by atoms with Crippen molar-refractivity contribution in [2.75, 3.05) is 6.54 Å². The van der Waals surface area contributed by atoms with Crippen LogP contribution in [-0.2, 0) is 30.8 Å². The van der Waals surface area contributed by atoms with Gasteiger partial charge in [0.2, 0.25) is 27.7 Å². The third-order valence-corrected chi connectivity index (χ3v) is 14.0. The molecule has 2 aromatic heterocycles. The summed E-state index contributed by atoms with van der Waals surface area (Å²) in [5.74, 6) is -2.58. The molecule has 4 fully saturated rings. The van der Waals surface area contributed by atoms with E-state index in [-0.39, 0.29) is 48.8 Å². The second-order valence-electron chi connectivity index (χ2n) is 16.1. The molecule has 4 heterocycles. The monoisotopic (exact) mass is 791 g/mol. The van der Waals surface area contributed by atoms with Crippen LogP contribution in [0.5, 0.6) is 5.88 Å². The van der Waals surface area contributed by atoms with E-state index in [0.717, 1.165) is 25.7 Å². The van der Waals surface area contributed by atoms with Crippen molar-refractivity contribution in [1.29, 1.82) is 0 Å². The van der Waals surface area contributed by atoms with Gasteiger partial charge in [-0.3, -0.25) is 23.9 Å². The number of nitrogens with zero attached hydrogens (tertiary/aromatic N) is 4. The van der Waals surface area contributed by atoms with Crippen molar-refractivity contribution in [1.82, 2.24) is 35.4 Å². The van der Waals surface area contributed by atoms with Crippen LogP contribution in [-0.4, -0.2) is 87.1 Å². The van der Waals surface area contributed by atoms with Crippen LogP contribution in [0.2, 0.25) is 0 Å². The second kappa shape index (κ2) is 14.5. The second-order valence-corrected chi connectivity index (χ2v) is 18.3. The number of rotatable bonds is 9. The third kappa shape index (κ3) is 7.49. The largest absolute Gasteiger partial charge is 0.471 e. The summed E-state index contributed by atoms with van der Waals surface area (Å²) in [7, 11) is -4.01. The molecule has 2 aliphatic heterocycles. The molecule has 15 nitrogen and oxygen atoms in total. The number of halogens is 1. The molecule has 56 heavy (non-hydrogen) atoms. The van der Waals surface area contributed by atoms with E-state index in [2.05, 4.69) is 30.5 Å². The number of aryl methyl sites for hydroxylation is 1. The van der Waals surface area contributed by atoms with Crippen LogP contribution in [0.3, 0.4) is 0 Å². The molecule has 3 aromatic rings. The Bertz CT molecular complexity index is 2220. The van der Waals surface area contributed by atoms with E-state index in [0.29, 0.717) is 49.1 Å². The lowest BCUT2D eigenvalue weighted by Gasteiger charge is -2.30. The van der Waals surface area contributed by atoms with Gasteiger partial charge in [0, 0.05) is 30.4 Å². The molecule has 4 amide bonds. The molecule has 8 rings (SSSR count). The molecule has 5 aliphatic rings. The lowest BCUT2D eigenvalue weighted by molar-refractivity contribution is -0.141. The minimum atomic E-state index is -4.01. The number of nitrogens with one attached hydrogen (secondary N) is 3. The van der Waals surface area contributed by atoms with Crippen molar-refractivity contribution in [2.24, 2.45) is 5.92 Å². The van der Waals surface area contributed by atoms with Crippen LogP contribution < -0.4 is 20.1 Å². The SMILES string of the molecule is CCc1nc2ccc(F)cc2nc1OC1CC2C(=O)NC3(C(=O)NS(=O)(=O)C4(C)CC4)CC3C=CCCCCCC(NC(=O)c3cc(C4CC4)on3)C(=O)N2C1. The summed E-state index contributed by atoms with van der Waals surface area (Å²) in [5, 5.41) is 9.66. The summed E-state index contributed by atoms with van der Waals surface area (Å²) in [6, 6.07) is 3.45. The first-order chi connectivity index (χ1) is 26.8. The zero-order valence-electron chi connectivity index (χ0n) is 31.4. The number of sulfonamides is 1. The molecule has 3 saturated carbocycles. The maximum atomic E-state index is 14.6. The number of ether oxygens (including phenoxy) is 1. The Labute approximate surface area is 323 Å². The molecule has 17 heteroatoms. The molecule has 298 valence electrons. The topological polar surface area (TPSA) is 203 Å². The van der Waals surface area contributed by atoms with Gasteiger partial charge >= 0.3 is 0 Å². The molecule has 0 radical (unpaired) electrons. The fourth-order valence-corrected chi connectivity index (χ4v) is 8.98. The van der Waals surface area contributed by atoms with Crippen LogP contribution in [0.25, 0.3) is 11.0 Å². The Balaban J connectivity index is 1.10. The zero-order chi connectivity index (χ0) is 39.4. The Morgan fingerprint density at radius 1 is 1.09 bits per heavy atom. The summed E-state index contributed by atoms with van der Waals surface area (Å²) in [6.07, 6.45) is 9.38. The van der Waals surface area contributed by atoms with Crippen molar-refractivity contribution in [3.63, 3.8) is 0 Å². The fraction of sp³-hybridized carbons (Fsp3) is 0.564. The first kappa shape index (κ1) is 38.0. The van der Waals surface area contributed by atoms with E-state index in [1.807, 2.05) is 19.1 Å². The zero-order valence-corrected chi connectivity index (χ0v) is 32.2. The number of carbonyl (C=O) groups excluding carboxylic acids is 4. The minimum absolute atomic E-state index is 0.0210. The quantitative estimate of drug-likeness (QED) is 0.267. The molecule has 1 aromatic carbocycles. The summed E-state index contributed by atoms with van der Waals surface area (Å²) < 4.78 is 53.4. The van der Waals surface area contributed by atoms with Gasteiger partial charge in [0.1, 0.15) is 41.0 Å². The third-order valence-electron chi connectivity index (χ3n) is 11.8. The number of fused-ring (bicyclic) bond motifs is 3. The van der Waals surface area contributed by atoms with E-state index in [9.17, 15) is 32.0 Å². The Morgan fingerprint density at radius 2 is 1.89 bits per heavy atom. The van der Waals surface area contributed by atoms with Crippen molar-refractivity contribution >= 4 is 44.7 Å².